The van der Waals surface area contributed by atoms with Gasteiger partial charge >= 0.3 is 6.09 Å². The van der Waals surface area contributed by atoms with Crippen LogP contribution in [-0.4, -0.2) is 54.8 Å². The highest BCUT2D eigenvalue weighted by Crippen LogP contribution is 2.26. The first-order chi connectivity index (χ1) is 9.15. The minimum atomic E-state index is -0.497. The van der Waals surface area contributed by atoms with Crippen molar-refractivity contribution in [3.8, 4) is 0 Å². The van der Waals surface area contributed by atoms with Crippen LogP contribution in [0.2, 0.25) is 0 Å². The summed E-state index contributed by atoms with van der Waals surface area (Å²) < 4.78 is 5.36. The Balaban J connectivity index is 2.59. The number of rotatable bonds is 2. The Morgan fingerprint density at radius 1 is 1.30 bits per heavy atom. The first kappa shape index (κ1) is 16.8. The second-order valence-corrected chi connectivity index (χ2v) is 6.32. The zero-order valence-corrected chi connectivity index (χ0v) is 13.3. The van der Waals surface area contributed by atoms with E-state index in [9.17, 15) is 9.59 Å². The Morgan fingerprint density at radius 2 is 1.90 bits per heavy atom. The summed E-state index contributed by atoms with van der Waals surface area (Å²) in [5.74, 6) is -0.0659. The van der Waals surface area contributed by atoms with Crippen LogP contribution in [0.3, 0.4) is 0 Å². The molecule has 6 heteroatoms. The molecule has 0 aromatic rings. The van der Waals surface area contributed by atoms with E-state index in [-0.39, 0.29) is 23.8 Å². The number of nitrogens with zero attached hydrogens (tertiary/aromatic N) is 2. The first-order valence-electron chi connectivity index (χ1n) is 6.95. The van der Waals surface area contributed by atoms with Gasteiger partial charge in [0.2, 0.25) is 5.91 Å². The van der Waals surface area contributed by atoms with Gasteiger partial charge in [-0.3, -0.25) is 9.63 Å². The fourth-order valence-electron chi connectivity index (χ4n) is 2.33. The van der Waals surface area contributed by atoms with E-state index in [1.807, 2.05) is 27.7 Å². The Labute approximate surface area is 121 Å². The maximum Gasteiger partial charge on any atom is 0.410 e. The van der Waals surface area contributed by atoms with Crippen molar-refractivity contribution in [1.29, 1.82) is 0 Å². The topological polar surface area (TPSA) is 59.1 Å². The number of carbonyl (C=O) groups excluding carboxylic acids is 2. The third-order valence-corrected chi connectivity index (χ3v) is 3.46. The van der Waals surface area contributed by atoms with Crippen molar-refractivity contribution in [3.63, 3.8) is 0 Å². The zero-order valence-electron chi connectivity index (χ0n) is 13.3. The fraction of sp³-hybridized carbons (Fsp3) is 0.857. The molecule has 6 nitrogen and oxygen atoms in total. The predicted molar refractivity (Wildman–Crippen MR) is 74.9 cm³/mol. The number of likely N-dealkylation sites (tertiary alicyclic amines) is 1. The summed E-state index contributed by atoms with van der Waals surface area (Å²) in [5.41, 5.74) is -0.497. The SMILES string of the molecule is CON(C)C(=O)[C@H]1CCN(C(=O)OC(C)(C)C)C[C@H]1C. The molecule has 0 unspecified atom stereocenters. The van der Waals surface area contributed by atoms with E-state index < -0.39 is 5.60 Å². The molecule has 0 aliphatic carbocycles. The lowest BCUT2D eigenvalue weighted by Gasteiger charge is -2.37. The second-order valence-electron chi connectivity index (χ2n) is 6.32. The molecule has 1 saturated heterocycles. The molecule has 2 atom stereocenters. The van der Waals surface area contributed by atoms with E-state index in [1.165, 1.54) is 12.2 Å². The van der Waals surface area contributed by atoms with Crippen LogP contribution in [0.4, 0.5) is 4.79 Å². The Hall–Kier alpha value is -1.30. The second kappa shape index (κ2) is 6.43. The summed E-state index contributed by atoms with van der Waals surface area (Å²) in [6, 6.07) is 0. The van der Waals surface area contributed by atoms with Gasteiger partial charge < -0.3 is 9.64 Å². The molecule has 0 aromatic carbocycles. The summed E-state index contributed by atoms with van der Waals surface area (Å²) in [6.45, 7) is 8.58. The minimum absolute atomic E-state index is 0.0381. The molecule has 20 heavy (non-hydrogen) atoms. The summed E-state index contributed by atoms with van der Waals surface area (Å²) in [5, 5.41) is 1.25. The molecule has 1 heterocycles. The van der Waals surface area contributed by atoms with Gasteiger partial charge in [-0.15, -0.1) is 0 Å². The van der Waals surface area contributed by atoms with Crippen molar-refractivity contribution < 1.29 is 19.2 Å². The van der Waals surface area contributed by atoms with Gasteiger partial charge in [0.25, 0.3) is 0 Å². The molecule has 0 bridgehead atoms. The minimum Gasteiger partial charge on any atom is -0.444 e. The predicted octanol–water partition coefficient (Wildman–Crippen LogP) is 1.90. The van der Waals surface area contributed by atoms with Crippen LogP contribution in [0.1, 0.15) is 34.1 Å². The van der Waals surface area contributed by atoms with E-state index in [1.54, 1.807) is 11.9 Å². The standard InChI is InChI=1S/C14H26N2O4/c1-10-9-16(13(18)20-14(2,3)4)8-7-11(10)12(17)15(5)19-6/h10-11H,7-9H2,1-6H3/t10-,11+/m1/s1. The molecule has 1 aliphatic rings. The van der Waals surface area contributed by atoms with Crippen LogP contribution >= 0.6 is 0 Å². The number of hydrogen-bond donors (Lipinski definition) is 0. The summed E-state index contributed by atoms with van der Waals surface area (Å²) in [7, 11) is 3.08. The molecule has 0 radical (unpaired) electrons. The van der Waals surface area contributed by atoms with Crippen molar-refractivity contribution >= 4 is 12.0 Å². The van der Waals surface area contributed by atoms with Crippen molar-refractivity contribution in [2.24, 2.45) is 11.8 Å². The number of piperidine rings is 1. The molecule has 0 saturated carbocycles. The Morgan fingerprint density at radius 3 is 2.35 bits per heavy atom. The molecule has 1 rings (SSSR count). The lowest BCUT2D eigenvalue weighted by atomic mass is 9.86. The van der Waals surface area contributed by atoms with Gasteiger partial charge in [0.15, 0.2) is 0 Å². The van der Waals surface area contributed by atoms with Gasteiger partial charge in [-0.25, -0.2) is 9.86 Å². The largest absolute Gasteiger partial charge is 0.444 e. The van der Waals surface area contributed by atoms with Gasteiger partial charge in [-0.1, -0.05) is 6.92 Å². The van der Waals surface area contributed by atoms with E-state index in [4.69, 9.17) is 9.57 Å². The Bertz CT molecular complexity index is 365. The quantitative estimate of drug-likeness (QED) is 0.727. The van der Waals surface area contributed by atoms with Crippen LogP contribution in [0.15, 0.2) is 0 Å². The number of amides is 2. The van der Waals surface area contributed by atoms with Crippen molar-refractivity contribution in [1.82, 2.24) is 9.96 Å². The lowest BCUT2D eigenvalue weighted by molar-refractivity contribution is -0.176. The van der Waals surface area contributed by atoms with Crippen LogP contribution in [0.25, 0.3) is 0 Å². The summed E-state index contributed by atoms with van der Waals surface area (Å²) in [6.07, 6.45) is 0.322. The fourth-order valence-corrected chi connectivity index (χ4v) is 2.33. The molecule has 1 fully saturated rings. The number of ether oxygens (including phenoxy) is 1. The van der Waals surface area contributed by atoms with Gasteiger partial charge in [-0.2, -0.15) is 0 Å². The van der Waals surface area contributed by atoms with Crippen molar-refractivity contribution in [3.05, 3.63) is 0 Å². The van der Waals surface area contributed by atoms with E-state index in [2.05, 4.69) is 0 Å². The zero-order chi connectivity index (χ0) is 15.5. The molecule has 2 amide bonds. The monoisotopic (exact) mass is 286 g/mol. The maximum atomic E-state index is 12.1. The average molecular weight is 286 g/mol. The molecule has 1 aliphatic heterocycles. The smallest absolute Gasteiger partial charge is 0.410 e. The highest BCUT2D eigenvalue weighted by Gasteiger charge is 2.36. The van der Waals surface area contributed by atoms with Crippen LogP contribution < -0.4 is 0 Å². The molecule has 0 N–H and O–H groups in total. The highest BCUT2D eigenvalue weighted by molar-refractivity contribution is 5.78. The van der Waals surface area contributed by atoms with Crippen LogP contribution in [-0.2, 0) is 14.4 Å². The number of hydrogen-bond acceptors (Lipinski definition) is 4. The van der Waals surface area contributed by atoms with Crippen LogP contribution in [0.5, 0.6) is 0 Å². The number of hydroxylamine groups is 2. The summed E-state index contributed by atoms with van der Waals surface area (Å²) in [4.78, 5) is 30.7. The first-order valence-corrected chi connectivity index (χ1v) is 6.95. The maximum absolute atomic E-state index is 12.1. The molecule has 0 spiro atoms. The van der Waals surface area contributed by atoms with Gasteiger partial charge in [0.1, 0.15) is 5.60 Å². The van der Waals surface area contributed by atoms with Crippen molar-refractivity contribution in [2.75, 3.05) is 27.2 Å². The summed E-state index contributed by atoms with van der Waals surface area (Å²) >= 11 is 0. The van der Waals surface area contributed by atoms with E-state index in [0.29, 0.717) is 19.5 Å². The molecular formula is C14H26N2O4. The normalized spacial score (nSPS) is 23.4. The highest BCUT2D eigenvalue weighted by atomic mass is 16.7. The molecular weight excluding hydrogens is 260 g/mol. The Kier molecular flexibility index (Phi) is 5.39. The number of carbonyl (C=O) groups is 2. The third kappa shape index (κ3) is 4.37. The third-order valence-electron chi connectivity index (χ3n) is 3.46. The van der Waals surface area contributed by atoms with Crippen LogP contribution in [0, 0.1) is 11.8 Å². The van der Waals surface area contributed by atoms with E-state index >= 15 is 0 Å². The van der Waals surface area contributed by atoms with Crippen molar-refractivity contribution in [2.45, 2.75) is 39.7 Å². The average Bonchev–Trinajstić information content (AvgIpc) is 2.34. The lowest BCUT2D eigenvalue weighted by Crippen LogP contribution is -2.48. The molecule has 116 valence electrons. The van der Waals surface area contributed by atoms with E-state index in [0.717, 1.165) is 0 Å². The van der Waals surface area contributed by atoms with Gasteiger partial charge in [0, 0.05) is 26.1 Å². The van der Waals surface area contributed by atoms with Gasteiger partial charge in [-0.05, 0) is 33.1 Å². The van der Waals surface area contributed by atoms with Gasteiger partial charge in [0.05, 0.1) is 7.11 Å². The molecule has 0 aromatic heterocycles.